The largest absolute Gasteiger partial charge is 0.478 e. The van der Waals surface area contributed by atoms with Gasteiger partial charge in [0.1, 0.15) is 17.3 Å². The molecule has 1 N–H and O–H groups in total. The van der Waals surface area contributed by atoms with Gasteiger partial charge in [0.15, 0.2) is 0 Å². The molecule has 0 amide bonds. The number of rotatable bonds is 3. The van der Waals surface area contributed by atoms with Crippen LogP contribution in [0.25, 0.3) is 0 Å². The average Bonchev–Trinajstić information content (AvgIpc) is 2.37. The first kappa shape index (κ1) is 14.8. The molecule has 2 aromatic rings. The summed E-state index contributed by atoms with van der Waals surface area (Å²) in [6.07, 6.45) is 0. The van der Waals surface area contributed by atoms with Crippen LogP contribution in [0, 0.1) is 12.7 Å². The van der Waals surface area contributed by atoms with E-state index in [-0.39, 0.29) is 16.3 Å². The Bertz CT molecular complexity index is 688. The topological polar surface area (TPSA) is 46.5 Å². The van der Waals surface area contributed by atoms with Crippen molar-refractivity contribution in [2.75, 3.05) is 0 Å². The Labute approximate surface area is 128 Å². The number of carboxylic acid groups (broad SMARTS) is 1. The molecule has 0 aromatic heterocycles. The van der Waals surface area contributed by atoms with Crippen molar-refractivity contribution in [3.63, 3.8) is 0 Å². The first-order valence-corrected chi connectivity index (χ1v) is 6.72. The fourth-order valence-corrected chi connectivity index (χ4v) is 2.32. The number of hydrogen-bond acceptors (Lipinski definition) is 2. The second-order valence-corrected chi connectivity index (χ2v) is 5.35. The molecule has 0 aliphatic rings. The van der Waals surface area contributed by atoms with Crippen LogP contribution in [0.2, 0.25) is 5.02 Å². The quantitative estimate of drug-likeness (QED) is 0.781. The number of carboxylic acids is 1. The SMILES string of the molecule is Cc1cc(C(=O)O)ccc1Oc1cc(F)c(Cl)cc1Br. The molecule has 20 heavy (non-hydrogen) atoms. The molecule has 2 rings (SSSR count). The van der Waals surface area contributed by atoms with Gasteiger partial charge in [-0.25, -0.2) is 9.18 Å². The third kappa shape index (κ3) is 3.11. The highest BCUT2D eigenvalue weighted by molar-refractivity contribution is 9.10. The zero-order valence-electron chi connectivity index (χ0n) is 10.3. The molecule has 2 aromatic carbocycles. The molecular formula is C14H9BrClFO3. The van der Waals surface area contributed by atoms with Crippen LogP contribution >= 0.6 is 27.5 Å². The van der Waals surface area contributed by atoms with E-state index in [1.807, 2.05) is 0 Å². The Kier molecular flexibility index (Phi) is 4.30. The first-order valence-electron chi connectivity index (χ1n) is 5.55. The number of aryl methyl sites for hydroxylation is 1. The molecule has 0 aliphatic carbocycles. The molecule has 0 atom stereocenters. The Balaban J connectivity index is 2.35. The van der Waals surface area contributed by atoms with Crippen molar-refractivity contribution < 1.29 is 19.0 Å². The molecular weight excluding hydrogens is 351 g/mol. The van der Waals surface area contributed by atoms with E-state index in [2.05, 4.69) is 15.9 Å². The van der Waals surface area contributed by atoms with E-state index in [0.29, 0.717) is 15.8 Å². The molecule has 0 fully saturated rings. The smallest absolute Gasteiger partial charge is 0.335 e. The molecule has 104 valence electrons. The lowest BCUT2D eigenvalue weighted by molar-refractivity contribution is 0.0697. The van der Waals surface area contributed by atoms with Crippen LogP contribution < -0.4 is 4.74 Å². The van der Waals surface area contributed by atoms with E-state index in [1.54, 1.807) is 6.92 Å². The minimum Gasteiger partial charge on any atom is -0.478 e. The highest BCUT2D eigenvalue weighted by Crippen LogP contribution is 2.35. The second kappa shape index (κ2) is 5.81. The van der Waals surface area contributed by atoms with Gasteiger partial charge >= 0.3 is 5.97 Å². The normalized spacial score (nSPS) is 10.4. The van der Waals surface area contributed by atoms with Crippen LogP contribution in [0.1, 0.15) is 15.9 Å². The minimum atomic E-state index is -1.02. The number of aromatic carboxylic acids is 1. The minimum absolute atomic E-state index is 0.0119. The predicted molar refractivity (Wildman–Crippen MR) is 77.3 cm³/mol. The van der Waals surface area contributed by atoms with Gasteiger partial charge < -0.3 is 9.84 Å². The number of hydrogen-bond donors (Lipinski definition) is 1. The van der Waals surface area contributed by atoms with Crippen LogP contribution in [-0.2, 0) is 0 Å². The summed E-state index contributed by atoms with van der Waals surface area (Å²) < 4.78 is 19.5. The van der Waals surface area contributed by atoms with Gasteiger partial charge in [-0.2, -0.15) is 0 Å². The fraction of sp³-hybridized carbons (Fsp3) is 0.0714. The van der Waals surface area contributed by atoms with E-state index in [1.165, 1.54) is 24.3 Å². The van der Waals surface area contributed by atoms with E-state index in [0.717, 1.165) is 6.07 Å². The predicted octanol–water partition coefficient (Wildman–Crippen LogP) is 5.04. The molecule has 0 aliphatic heterocycles. The van der Waals surface area contributed by atoms with Crippen molar-refractivity contribution in [3.8, 4) is 11.5 Å². The van der Waals surface area contributed by atoms with Gasteiger partial charge in [-0.15, -0.1) is 0 Å². The summed E-state index contributed by atoms with van der Waals surface area (Å²) in [7, 11) is 0. The van der Waals surface area contributed by atoms with E-state index < -0.39 is 11.8 Å². The number of ether oxygens (including phenoxy) is 1. The molecule has 0 bridgehead atoms. The summed E-state index contributed by atoms with van der Waals surface area (Å²) in [4.78, 5) is 10.8. The van der Waals surface area contributed by atoms with Gasteiger partial charge in [-0.05, 0) is 52.7 Å². The molecule has 0 spiro atoms. The Hall–Kier alpha value is -1.59. The Morgan fingerprint density at radius 1 is 1.30 bits per heavy atom. The maximum atomic E-state index is 13.4. The number of carbonyl (C=O) groups is 1. The van der Waals surface area contributed by atoms with Crippen LogP contribution in [0.3, 0.4) is 0 Å². The molecule has 0 radical (unpaired) electrons. The zero-order valence-corrected chi connectivity index (χ0v) is 12.6. The first-order chi connectivity index (χ1) is 9.38. The number of benzene rings is 2. The lowest BCUT2D eigenvalue weighted by atomic mass is 10.1. The highest BCUT2D eigenvalue weighted by atomic mass is 79.9. The summed E-state index contributed by atoms with van der Waals surface area (Å²) in [5.74, 6) is -0.904. The van der Waals surface area contributed by atoms with Crippen LogP contribution in [0.4, 0.5) is 4.39 Å². The van der Waals surface area contributed by atoms with Crippen LogP contribution in [0.5, 0.6) is 11.5 Å². The highest BCUT2D eigenvalue weighted by Gasteiger charge is 2.11. The summed E-state index contributed by atoms with van der Waals surface area (Å²) in [5.41, 5.74) is 0.795. The monoisotopic (exact) mass is 358 g/mol. The van der Waals surface area contributed by atoms with Crippen molar-refractivity contribution in [3.05, 3.63) is 56.8 Å². The lowest BCUT2D eigenvalue weighted by Crippen LogP contribution is -1.98. The second-order valence-electron chi connectivity index (χ2n) is 4.08. The van der Waals surface area contributed by atoms with Crippen molar-refractivity contribution in [2.45, 2.75) is 6.92 Å². The lowest BCUT2D eigenvalue weighted by Gasteiger charge is -2.11. The Morgan fingerprint density at radius 2 is 2.00 bits per heavy atom. The third-order valence-electron chi connectivity index (χ3n) is 2.62. The standard InChI is InChI=1S/C14H9BrClFO3/c1-7-4-8(14(18)19)2-3-12(7)20-13-6-11(17)10(16)5-9(13)15/h2-6H,1H3,(H,18,19). The molecule has 0 saturated heterocycles. The Morgan fingerprint density at radius 3 is 2.60 bits per heavy atom. The number of halogens is 3. The molecule has 6 heteroatoms. The molecule has 0 unspecified atom stereocenters. The van der Waals surface area contributed by atoms with Gasteiger partial charge in [0.05, 0.1) is 15.1 Å². The van der Waals surface area contributed by atoms with E-state index in [9.17, 15) is 9.18 Å². The van der Waals surface area contributed by atoms with Gasteiger partial charge in [-0.3, -0.25) is 0 Å². The molecule has 0 saturated carbocycles. The van der Waals surface area contributed by atoms with Gasteiger partial charge in [-0.1, -0.05) is 11.6 Å². The molecule has 0 heterocycles. The van der Waals surface area contributed by atoms with Crippen molar-refractivity contribution in [2.24, 2.45) is 0 Å². The van der Waals surface area contributed by atoms with Gasteiger partial charge in [0.25, 0.3) is 0 Å². The summed E-state index contributed by atoms with van der Waals surface area (Å²) in [6.45, 7) is 1.71. The summed E-state index contributed by atoms with van der Waals surface area (Å²) in [6, 6.07) is 6.99. The van der Waals surface area contributed by atoms with Crippen molar-refractivity contribution in [1.82, 2.24) is 0 Å². The zero-order chi connectivity index (χ0) is 14.9. The molecule has 3 nitrogen and oxygen atoms in total. The van der Waals surface area contributed by atoms with E-state index in [4.69, 9.17) is 21.4 Å². The van der Waals surface area contributed by atoms with Crippen molar-refractivity contribution in [1.29, 1.82) is 0 Å². The third-order valence-corrected chi connectivity index (χ3v) is 3.53. The van der Waals surface area contributed by atoms with Gasteiger partial charge in [0, 0.05) is 6.07 Å². The van der Waals surface area contributed by atoms with Crippen molar-refractivity contribution >= 4 is 33.5 Å². The van der Waals surface area contributed by atoms with E-state index >= 15 is 0 Å². The fourth-order valence-electron chi connectivity index (χ4n) is 1.60. The maximum Gasteiger partial charge on any atom is 0.335 e. The summed E-state index contributed by atoms with van der Waals surface area (Å²) >= 11 is 8.88. The van der Waals surface area contributed by atoms with Crippen LogP contribution in [-0.4, -0.2) is 11.1 Å². The van der Waals surface area contributed by atoms with Gasteiger partial charge in [0.2, 0.25) is 0 Å². The van der Waals surface area contributed by atoms with Crippen LogP contribution in [0.15, 0.2) is 34.8 Å². The summed E-state index contributed by atoms with van der Waals surface area (Å²) in [5, 5.41) is 8.88. The average molecular weight is 360 g/mol. The maximum absolute atomic E-state index is 13.4.